The van der Waals surface area contributed by atoms with Gasteiger partial charge in [-0.3, -0.25) is 9.78 Å². The van der Waals surface area contributed by atoms with Crippen molar-refractivity contribution in [1.82, 2.24) is 10.3 Å². The molecule has 4 heteroatoms. The number of nitrogens with zero attached hydrogens (tertiary/aromatic N) is 1. The predicted molar refractivity (Wildman–Crippen MR) is 82.1 cm³/mol. The number of carbonyl (C=O) groups excluding carboxylic acids is 1. The largest absolute Gasteiger partial charge is 0.384 e. The fraction of sp³-hybridized carbons (Fsp3) is 0.294. The molecule has 110 valence electrons. The van der Waals surface area contributed by atoms with Gasteiger partial charge in [0.25, 0.3) is 5.91 Å². The lowest BCUT2D eigenvalue weighted by Gasteiger charge is -2.24. The van der Waals surface area contributed by atoms with Gasteiger partial charge < -0.3 is 10.4 Å². The highest BCUT2D eigenvalue weighted by molar-refractivity contribution is 5.95. The highest BCUT2D eigenvalue weighted by atomic mass is 16.3. The number of hydrogen-bond acceptors (Lipinski definition) is 3. The van der Waals surface area contributed by atoms with Crippen LogP contribution in [0.5, 0.6) is 0 Å². The Morgan fingerprint density at radius 2 is 1.86 bits per heavy atom. The molecule has 2 rings (SSSR count). The minimum absolute atomic E-state index is 0.142. The van der Waals surface area contributed by atoms with Crippen molar-refractivity contribution in [2.75, 3.05) is 6.54 Å². The Labute approximate surface area is 124 Å². The zero-order valence-electron chi connectivity index (χ0n) is 12.6. The van der Waals surface area contributed by atoms with Crippen molar-refractivity contribution in [3.63, 3.8) is 0 Å². The maximum atomic E-state index is 12.2. The normalized spacial score (nSPS) is 13.5. The lowest BCUT2D eigenvalue weighted by molar-refractivity contribution is 0.0526. The molecule has 0 aliphatic heterocycles. The van der Waals surface area contributed by atoms with Gasteiger partial charge in [0.05, 0.1) is 17.8 Å². The molecule has 2 aromatic rings. The molecule has 0 aliphatic carbocycles. The lowest BCUT2D eigenvalue weighted by Crippen LogP contribution is -2.38. The van der Waals surface area contributed by atoms with E-state index in [9.17, 15) is 9.90 Å². The first-order valence-electron chi connectivity index (χ1n) is 6.90. The zero-order valence-corrected chi connectivity index (χ0v) is 12.6. The van der Waals surface area contributed by atoms with Gasteiger partial charge in [-0.05, 0) is 38.5 Å². The van der Waals surface area contributed by atoms with Crippen molar-refractivity contribution in [2.24, 2.45) is 0 Å². The second kappa shape index (κ2) is 6.06. The van der Waals surface area contributed by atoms with Crippen LogP contribution in [0.25, 0.3) is 0 Å². The van der Waals surface area contributed by atoms with E-state index in [0.717, 1.165) is 11.3 Å². The molecule has 0 fully saturated rings. The number of amides is 1. The van der Waals surface area contributed by atoms with Gasteiger partial charge >= 0.3 is 0 Å². The fourth-order valence-corrected chi connectivity index (χ4v) is 2.17. The fourth-order valence-electron chi connectivity index (χ4n) is 2.17. The zero-order chi connectivity index (χ0) is 15.5. The Balaban J connectivity index is 2.07. The van der Waals surface area contributed by atoms with Crippen LogP contribution in [0.1, 0.15) is 34.2 Å². The molecule has 0 spiro atoms. The van der Waals surface area contributed by atoms with E-state index >= 15 is 0 Å². The van der Waals surface area contributed by atoms with Gasteiger partial charge in [-0.2, -0.15) is 0 Å². The minimum atomic E-state index is -1.11. The molecule has 1 aromatic carbocycles. The molecule has 1 heterocycles. The summed E-state index contributed by atoms with van der Waals surface area (Å²) in [6, 6.07) is 12.8. The maximum Gasteiger partial charge on any atom is 0.253 e. The second-order valence-corrected chi connectivity index (χ2v) is 5.41. The van der Waals surface area contributed by atoms with E-state index < -0.39 is 5.60 Å². The number of rotatable bonds is 4. The third-order valence-electron chi connectivity index (χ3n) is 3.46. The van der Waals surface area contributed by atoms with E-state index in [4.69, 9.17) is 0 Å². The SMILES string of the molecule is Cc1ccc(C(=O)NCC(C)(O)c2ccccc2)c(C)n1. The van der Waals surface area contributed by atoms with E-state index in [-0.39, 0.29) is 12.5 Å². The van der Waals surface area contributed by atoms with Crippen molar-refractivity contribution in [1.29, 1.82) is 0 Å². The lowest BCUT2D eigenvalue weighted by atomic mass is 9.96. The molecule has 0 saturated carbocycles. The first-order chi connectivity index (χ1) is 9.90. The van der Waals surface area contributed by atoms with Crippen molar-refractivity contribution >= 4 is 5.91 Å². The summed E-state index contributed by atoms with van der Waals surface area (Å²) in [4.78, 5) is 16.5. The Hall–Kier alpha value is -2.20. The summed E-state index contributed by atoms with van der Waals surface area (Å²) in [5.41, 5.74) is 1.75. The molecular formula is C17H20N2O2. The van der Waals surface area contributed by atoms with Crippen LogP contribution in [-0.2, 0) is 5.60 Å². The molecule has 1 atom stereocenters. The molecule has 0 aliphatic rings. The van der Waals surface area contributed by atoms with Crippen LogP contribution in [-0.4, -0.2) is 22.5 Å². The average molecular weight is 284 g/mol. The Morgan fingerprint density at radius 1 is 1.19 bits per heavy atom. The van der Waals surface area contributed by atoms with Crippen LogP contribution in [0.4, 0.5) is 0 Å². The van der Waals surface area contributed by atoms with Gasteiger partial charge in [0.1, 0.15) is 5.60 Å². The summed E-state index contributed by atoms with van der Waals surface area (Å²) in [6.45, 7) is 5.51. The van der Waals surface area contributed by atoms with Gasteiger partial charge in [0.15, 0.2) is 0 Å². The highest BCUT2D eigenvalue weighted by Crippen LogP contribution is 2.19. The van der Waals surface area contributed by atoms with Crippen LogP contribution in [0.3, 0.4) is 0 Å². The van der Waals surface area contributed by atoms with Gasteiger partial charge in [-0.25, -0.2) is 0 Å². The minimum Gasteiger partial charge on any atom is -0.384 e. The first kappa shape index (κ1) is 15.2. The number of hydrogen-bond donors (Lipinski definition) is 2. The van der Waals surface area contributed by atoms with Crippen molar-refractivity contribution < 1.29 is 9.90 Å². The van der Waals surface area contributed by atoms with Gasteiger partial charge in [-0.1, -0.05) is 30.3 Å². The molecule has 0 bridgehead atoms. The van der Waals surface area contributed by atoms with E-state index in [0.29, 0.717) is 11.3 Å². The van der Waals surface area contributed by atoms with Gasteiger partial charge in [0.2, 0.25) is 0 Å². The van der Waals surface area contributed by atoms with E-state index in [1.165, 1.54) is 0 Å². The quantitative estimate of drug-likeness (QED) is 0.906. The van der Waals surface area contributed by atoms with Crippen molar-refractivity contribution in [3.05, 3.63) is 65.0 Å². The summed E-state index contributed by atoms with van der Waals surface area (Å²) < 4.78 is 0. The molecule has 4 nitrogen and oxygen atoms in total. The number of carbonyl (C=O) groups is 1. The smallest absolute Gasteiger partial charge is 0.253 e. The van der Waals surface area contributed by atoms with Gasteiger partial charge in [0, 0.05) is 5.69 Å². The standard InChI is InChI=1S/C17H20N2O2/c1-12-9-10-15(13(2)19-12)16(20)18-11-17(3,21)14-7-5-4-6-8-14/h4-10,21H,11H2,1-3H3,(H,18,20). The number of nitrogens with one attached hydrogen (secondary N) is 1. The third kappa shape index (κ3) is 3.67. The molecule has 0 saturated heterocycles. The Bertz CT molecular complexity index is 636. The topological polar surface area (TPSA) is 62.2 Å². The molecule has 0 radical (unpaired) electrons. The monoisotopic (exact) mass is 284 g/mol. The number of benzene rings is 1. The van der Waals surface area contributed by atoms with Crippen LogP contribution in [0, 0.1) is 13.8 Å². The molecule has 1 unspecified atom stereocenters. The number of pyridine rings is 1. The van der Waals surface area contributed by atoms with Crippen LogP contribution < -0.4 is 5.32 Å². The summed E-state index contributed by atoms with van der Waals surface area (Å²) in [5.74, 6) is -0.226. The van der Waals surface area contributed by atoms with Crippen molar-refractivity contribution in [2.45, 2.75) is 26.4 Å². The van der Waals surface area contributed by atoms with Crippen LogP contribution >= 0.6 is 0 Å². The van der Waals surface area contributed by atoms with Crippen LogP contribution in [0.2, 0.25) is 0 Å². The molecule has 1 amide bonds. The predicted octanol–water partition coefficient (Wildman–Crippen LogP) is 2.34. The Morgan fingerprint density at radius 3 is 2.48 bits per heavy atom. The summed E-state index contributed by atoms with van der Waals surface area (Å²) >= 11 is 0. The highest BCUT2D eigenvalue weighted by Gasteiger charge is 2.24. The van der Waals surface area contributed by atoms with E-state index in [2.05, 4.69) is 10.3 Å². The van der Waals surface area contributed by atoms with Gasteiger partial charge in [-0.15, -0.1) is 0 Å². The van der Waals surface area contributed by atoms with Crippen LogP contribution in [0.15, 0.2) is 42.5 Å². The molecule has 21 heavy (non-hydrogen) atoms. The average Bonchev–Trinajstić information content (AvgIpc) is 2.46. The molecule has 1 aromatic heterocycles. The summed E-state index contributed by atoms with van der Waals surface area (Å²) in [6.07, 6.45) is 0. The number of aromatic nitrogens is 1. The van der Waals surface area contributed by atoms with E-state index in [1.807, 2.05) is 37.3 Å². The summed E-state index contributed by atoms with van der Waals surface area (Å²) in [7, 11) is 0. The molecular weight excluding hydrogens is 264 g/mol. The first-order valence-corrected chi connectivity index (χ1v) is 6.90. The maximum absolute atomic E-state index is 12.2. The molecule has 2 N–H and O–H groups in total. The third-order valence-corrected chi connectivity index (χ3v) is 3.46. The number of aryl methyl sites for hydroxylation is 2. The second-order valence-electron chi connectivity index (χ2n) is 5.41. The van der Waals surface area contributed by atoms with E-state index in [1.54, 1.807) is 26.0 Å². The Kier molecular flexibility index (Phi) is 4.38. The van der Waals surface area contributed by atoms with Crippen molar-refractivity contribution in [3.8, 4) is 0 Å². The summed E-state index contributed by atoms with van der Waals surface area (Å²) in [5, 5.41) is 13.2. The number of aliphatic hydroxyl groups is 1.